The van der Waals surface area contributed by atoms with Crippen molar-refractivity contribution < 1.29 is 9.59 Å². The molecule has 1 fully saturated rings. The fourth-order valence-electron chi connectivity index (χ4n) is 1.59. The largest absolute Gasteiger partial charge is 0.350 e. The van der Waals surface area contributed by atoms with E-state index in [0.717, 1.165) is 0 Å². The van der Waals surface area contributed by atoms with Gasteiger partial charge in [-0.2, -0.15) is 0 Å². The Morgan fingerprint density at radius 2 is 2.18 bits per heavy atom. The average Bonchev–Trinajstić information content (AvgIpc) is 2.04. The number of hydrogen-bond donors (Lipinski definition) is 1. The maximum absolute atomic E-state index is 11.0. The summed E-state index contributed by atoms with van der Waals surface area (Å²) in [6.45, 7) is 5.29. The molecule has 0 aliphatic carbocycles. The monoisotopic (exact) mass is 155 g/mol. The molecule has 3 nitrogen and oxygen atoms in total. The van der Waals surface area contributed by atoms with Gasteiger partial charge in [-0.15, -0.1) is 0 Å². The summed E-state index contributed by atoms with van der Waals surface area (Å²) >= 11 is 0. The Hall–Kier alpha value is -0.860. The van der Waals surface area contributed by atoms with Crippen molar-refractivity contribution in [2.75, 3.05) is 0 Å². The minimum Gasteiger partial charge on any atom is -0.350 e. The third-order valence-corrected chi connectivity index (χ3v) is 2.21. The Morgan fingerprint density at radius 1 is 1.64 bits per heavy atom. The molecule has 1 unspecified atom stereocenters. The van der Waals surface area contributed by atoms with E-state index < -0.39 is 0 Å². The Labute approximate surface area is 66.2 Å². The summed E-state index contributed by atoms with van der Waals surface area (Å²) in [6.07, 6.45) is 0.350. The first-order chi connectivity index (χ1) is 4.93. The number of amides is 1. The molecule has 0 saturated carbocycles. The third kappa shape index (κ3) is 1.42. The van der Waals surface area contributed by atoms with E-state index in [9.17, 15) is 9.59 Å². The summed E-state index contributed by atoms with van der Waals surface area (Å²) in [6, 6.07) is 0. The highest BCUT2D eigenvalue weighted by molar-refractivity contribution is 5.90. The maximum atomic E-state index is 11.0. The fourth-order valence-corrected chi connectivity index (χ4v) is 1.59. The SMILES string of the molecule is CC(=O)C1CC(=O)NC1(C)C. The molecular formula is C8H13NO2. The maximum Gasteiger partial charge on any atom is 0.221 e. The predicted octanol–water partition coefficient (Wildman–Crippen LogP) is 0.490. The van der Waals surface area contributed by atoms with Gasteiger partial charge < -0.3 is 5.32 Å². The van der Waals surface area contributed by atoms with E-state index >= 15 is 0 Å². The van der Waals surface area contributed by atoms with Crippen LogP contribution in [0, 0.1) is 5.92 Å². The van der Waals surface area contributed by atoms with E-state index in [0.29, 0.717) is 6.42 Å². The van der Waals surface area contributed by atoms with Gasteiger partial charge in [0.2, 0.25) is 5.91 Å². The topological polar surface area (TPSA) is 46.2 Å². The van der Waals surface area contributed by atoms with Gasteiger partial charge in [-0.05, 0) is 20.8 Å². The molecule has 0 bridgehead atoms. The quantitative estimate of drug-likeness (QED) is 0.599. The molecule has 3 heteroatoms. The molecule has 1 atom stereocenters. The van der Waals surface area contributed by atoms with Gasteiger partial charge >= 0.3 is 0 Å². The van der Waals surface area contributed by atoms with Crippen molar-refractivity contribution in [2.24, 2.45) is 5.92 Å². The lowest BCUT2D eigenvalue weighted by molar-refractivity contribution is -0.123. The number of rotatable bonds is 1. The van der Waals surface area contributed by atoms with Crippen molar-refractivity contribution in [1.82, 2.24) is 5.32 Å². The van der Waals surface area contributed by atoms with Gasteiger partial charge in [-0.25, -0.2) is 0 Å². The Balaban J connectivity index is 2.82. The van der Waals surface area contributed by atoms with Crippen LogP contribution in [0.2, 0.25) is 0 Å². The minimum atomic E-state index is -0.344. The second-order valence-corrected chi connectivity index (χ2v) is 3.64. The Kier molecular flexibility index (Phi) is 1.74. The summed E-state index contributed by atoms with van der Waals surface area (Å²) in [5, 5.41) is 2.76. The first-order valence-electron chi connectivity index (χ1n) is 3.75. The van der Waals surface area contributed by atoms with Crippen molar-refractivity contribution in [3.05, 3.63) is 0 Å². The number of hydrogen-bond acceptors (Lipinski definition) is 2. The minimum absolute atomic E-state index is 0.0183. The van der Waals surface area contributed by atoms with Gasteiger partial charge in [0, 0.05) is 17.9 Å². The Bertz CT molecular complexity index is 208. The molecule has 0 radical (unpaired) electrons. The lowest BCUT2D eigenvalue weighted by atomic mass is 9.86. The van der Waals surface area contributed by atoms with Crippen molar-refractivity contribution in [3.63, 3.8) is 0 Å². The van der Waals surface area contributed by atoms with Crippen LogP contribution < -0.4 is 5.32 Å². The first-order valence-corrected chi connectivity index (χ1v) is 3.75. The molecule has 0 spiro atoms. The zero-order valence-corrected chi connectivity index (χ0v) is 7.10. The van der Waals surface area contributed by atoms with Gasteiger partial charge in [0.15, 0.2) is 0 Å². The molecule has 62 valence electrons. The molecule has 1 aliphatic heterocycles. The molecule has 1 aliphatic rings. The summed E-state index contributed by atoms with van der Waals surface area (Å²) in [5.41, 5.74) is -0.344. The second kappa shape index (κ2) is 2.32. The summed E-state index contributed by atoms with van der Waals surface area (Å²) in [5.74, 6) is -0.0708. The number of Topliss-reactive ketones (excluding diaryl/α,β-unsaturated/α-hetero) is 1. The van der Waals surface area contributed by atoms with Crippen LogP contribution in [0.15, 0.2) is 0 Å². The van der Waals surface area contributed by atoms with E-state index in [4.69, 9.17) is 0 Å². The molecule has 1 amide bonds. The van der Waals surface area contributed by atoms with Crippen LogP contribution in [0.25, 0.3) is 0 Å². The van der Waals surface area contributed by atoms with Crippen LogP contribution >= 0.6 is 0 Å². The number of carbonyl (C=O) groups is 2. The number of ketones is 1. The van der Waals surface area contributed by atoms with Gasteiger partial charge in [0.05, 0.1) is 0 Å². The molecule has 1 N–H and O–H groups in total. The summed E-state index contributed by atoms with van der Waals surface area (Å²) in [7, 11) is 0. The van der Waals surface area contributed by atoms with Gasteiger partial charge in [0.1, 0.15) is 5.78 Å². The molecule has 1 rings (SSSR count). The van der Waals surface area contributed by atoms with Gasteiger partial charge in [-0.3, -0.25) is 9.59 Å². The summed E-state index contributed by atoms with van der Waals surface area (Å²) < 4.78 is 0. The fraction of sp³-hybridized carbons (Fsp3) is 0.750. The van der Waals surface area contributed by atoms with Crippen LogP contribution in [0.4, 0.5) is 0 Å². The highest BCUT2D eigenvalue weighted by Crippen LogP contribution is 2.26. The highest BCUT2D eigenvalue weighted by Gasteiger charge is 2.41. The third-order valence-electron chi connectivity index (χ3n) is 2.21. The number of carbonyl (C=O) groups excluding carboxylic acids is 2. The van der Waals surface area contributed by atoms with Crippen LogP contribution in [0.3, 0.4) is 0 Å². The molecule has 1 saturated heterocycles. The van der Waals surface area contributed by atoms with Crippen LogP contribution in [-0.4, -0.2) is 17.2 Å². The van der Waals surface area contributed by atoms with E-state index in [-0.39, 0.29) is 23.1 Å². The summed E-state index contributed by atoms with van der Waals surface area (Å²) in [4.78, 5) is 21.9. The zero-order valence-electron chi connectivity index (χ0n) is 7.10. The van der Waals surface area contributed by atoms with E-state index in [1.807, 2.05) is 13.8 Å². The molecule has 0 aromatic heterocycles. The van der Waals surface area contributed by atoms with Gasteiger partial charge in [-0.1, -0.05) is 0 Å². The molecular weight excluding hydrogens is 142 g/mol. The Morgan fingerprint density at radius 3 is 2.36 bits per heavy atom. The van der Waals surface area contributed by atoms with Crippen molar-refractivity contribution in [3.8, 4) is 0 Å². The highest BCUT2D eigenvalue weighted by atomic mass is 16.2. The molecule has 1 heterocycles. The zero-order chi connectivity index (χ0) is 8.65. The van der Waals surface area contributed by atoms with Crippen molar-refractivity contribution in [2.45, 2.75) is 32.7 Å². The standard InChI is InChI=1S/C8H13NO2/c1-5(10)6-4-7(11)9-8(6,2)3/h6H,4H2,1-3H3,(H,9,11). The average molecular weight is 155 g/mol. The predicted molar refractivity (Wildman–Crippen MR) is 41.0 cm³/mol. The van der Waals surface area contributed by atoms with Crippen molar-refractivity contribution in [1.29, 1.82) is 0 Å². The van der Waals surface area contributed by atoms with E-state index in [2.05, 4.69) is 5.32 Å². The van der Waals surface area contributed by atoms with E-state index in [1.54, 1.807) is 0 Å². The van der Waals surface area contributed by atoms with Crippen LogP contribution in [0.1, 0.15) is 27.2 Å². The van der Waals surface area contributed by atoms with Crippen LogP contribution in [-0.2, 0) is 9.59 Å². The smallest absolute Gasteiger partial charge is 0.221 e. The molecule has 0 aromatic carbocycles. The van der Waals surface area contributed by atoms with Crippen LogP contribution in [0.5, 0.6) is 0 Å². The van der Waals surface area contributed by atoms with Gasteiger partial charge in [0.25, 0.3) is 0 Å². The lowest BCUT2D eigenvalue weighted by Crippen LogP contribution is -2.41. The normalized spacial score (nSPS) is 28.3. The van der Waals surface area contributed by atoms with E-state index in [1.165, 1.54) is 6.92 Å². The molecule has 11 heavy (non-hydrogen) atoms. The number of nitrogens with one attached hydrogen (secondary N) is 1. The first kappa shape index (κ1) is 8.24. The second-order valence-electron chi connectivity index (χ2n) is 3.64. The lowest BCUT2D eigenvalue weighted by Gasteiger charge is -2.23. The van der Waals surface area contributed by atoms with Crippen molar-refractivity contribution >= 4 is 11.7 Å². The molecule has 0 aromatic rings.